The maximum atomic E-state index is 3.72. The van der Waals surface area contributed by atoms with Gasteiger partial charge < -0.3 is 0 Å². The maximum Gasteiger partial charge on any atom is 0.0655 e. The monoisotopic (exact) mass is 402 g/mol. The molecule has 0 radical (unpaired) electrons. The fraction of sp³-hybridized carbons (Fsp3) is 0.0769. The van der Waals surface area contributed by atoms with Crippen LogP contribution < -0.4 is 0 Å². The zero-order valence-corrected chi connectivity index (χ0v) is 13.1. The Morgan fingerprint density at radius 1 is 0.812 bits per heavy atom. The summed E-state index contributed by atoms with van der Waals surface area (Å²) >= 11 is 10.7. The van der Waals surface area contributed by atoms with E-state index in [9.17, 15) is 0 Å². The van der Waals surface area contributed by atoms with E-state index in [0.29, 0.717) is 0 Å². The second-order valence-corrected chi connectivity index (χ2v) is 6.12. The molecule has 0 saturated carbocycles. The lowest BCUT2D eigenvalue weighted by Crippen LogP contribution is -1.93. The van der Waals surface area contributed by atoms with Crippen molar-refractivity contribution in [3.05, 3.63) is 68.6 Å². The Morgan fingerprint density at radius 3 is 2.06 bits per heavy atom. The van der Waals surface area contributed by atoms with Gasteiger partial charge in [-0.2, -0.15) is 0 Å². The van der Waals surface area contributed by atoms with Gasteiger partial charge in [0.25, 0.3) is 0 Å². The number of hydrogen-bond acceptors (Lipinski definition) is 0. The lowest BCUT2D eigenvalue weighted by Gasteiger charge is -2.12. The Morgan fingerprint density at radius 2 is 1.44 bits per heavy atom. The minimum Gasteiger partial charge on any atom is -0.0786 e. The van der Waals surface area contributed by atoms with Crippen LogP contribution in [0.2, 0.25) is 0 Å². The molecule has 82 valence electrons. The van der Waals surface area contributed by atoms with E-state index < -0.39 is 0 Å². The second-order valence-electron chi connectivity index (χ2n) is 3.44. The van der Waals surface area contributed by atoms with E-state index in [4.69, 9.17) is 0 Å². The first-order valence-corrected chi connectivity index (χ1v) is 7.32. The molecule has 0 fully saturated rings. The van der Waals surface area contributed by atoms with Gasteiger partial charge in [0.05, 0.1) is 4.83 Å². The Labute approximate surface area is 120 Å². The van der Waals surface area contributed by atoms with Gasteiger partial charge in [-0.3, -0.25) is 0 Å². The van der Waals surface area contributed by atoms with E-state index in [1.807, 2.05) is 12.1 Å². The van der Waals surface area contributed by atoms with Crippen LogP contribution in [0.15, 0.2) is 57.5 Å². The molecule has 1 unspecified atom stereocenters. The SMILES string of the molecule is Brc1ccc(C(Br)c2ccccc2Br)cc1. The number of alkyl halides is 1. The van der Waals surface area contributed by atoms with E-state index >= 15 is 0 Å². The number of benzene rings is 2. The molecule has 3 heteroatoms. The topological polar surface area (TPSA) is 0 Å². The molecule has 0 amide bonds. The molecule has 0 saturated heterocycles. The Bertz CT molecular complexity index is 477. The average molecular weight is 405 g/mol. The van der Waals surface area contributed by atoms with Crippen LogP contribution in [0.3, 0.4) is 0 Å². The summed E-state index contributed by atoms with van der Waals surface area (Å²) in [6, 6.07) is 16.6. The maximum absolute atomic E-state index is 3.72. The molecule has 0 heterocycles. The molecule has 2 aromatic rings. The summed E-state index contributed by atoms with van der Waals surface area (Å²) in [6.07, 6.45) is 0. The van der Waals surface area contributed by atoms with Gasteiger partial charge in [0, 0.05) is 8.95 Å². The van der Waals surface area contributed by atoms with Gasteiger partial charge in [0.1, 0.15) is 0 Å². The fourth-order valence-electron chi connectivity index (χ4n) is 1.49. The highest BCUT2D eigenvalue weighted by Gasteiger charge is 2.12. The molecule has 2 aromatic carbocycles. The zero-order chi connectivity index (χ0) is 11.5. The third kappa shape index (κ3) is 2.76. The van der Waals surface area contributed by atoms with E-state index in [1.54, 1.807) is 0 Å². The van der Waals surface area contributed by atoms with Crippen LogP contribution in [0, 0.1) is 0 Å². The lowest BCUT2D eigenvalue weighted by atomic mass is 10.1. The van der Waals surface area contributed by atoms with Gasteiger partial charge in [0.15, 0.2) is 0 Å². The van der Waals surface area contributed by atoms with Gasteiger partial charge in [-0.05, 0) is 29.3 Å². The van der Waals surface area contributed by atoms with Gasteiger partial charge in [-0.15, -0.1) is 0 Å². The summed E-state index contributed by atoms with van der Waals surface area (Å²) in [5.41, 5.74) is 2.49. The van der Waals surface area contributed by atoms with Crippen molar-refractivity contribution in [2.24, 2.45) is 0 Å². The number of rotatable bonds is 2. The molecular formula is C13H9Br3. The summed E-state index contributed by atoms with van der Waals surface area (Å²) in [7, 11) is 0. The highest BCUT2D eigenvalue weighted by molar-refractivity contribution is 9.11. The van der Waals surface area contributed by atoms with Gasteiger partial charge in [0.2, 0.25) is 0 Å². The Hall–Kier alpha value is -0.120. The highest BCUT2D eigenvalue weighted by Crippen LogP contribution is 2.35. The molecule has 0 aliphatic carbocycles. The number of halogens is 3. The second kappa shape index (κ2) is 5.48. The Balaban J connectivity index is 2.35. The van der Waals surface area contributed by atoms with Crippen LogP contribution in [-0.4, -0.2) is 0 Å². The zero-order valence-electron chi connectivity index (χ0n) is 8.33. The van der Waals surface area contributed by atoms with Crippen LogP contribution in [0.4, 0.5) is 0 Å². The van der Waals surface area contributed by atoms with Crippen LogP contribution in [0.25, 0.3) is 0 Å². The largest absolute Gasteiger partial charge is 0.0786 e. The summed E-state index contributed by atoms with van der Waals surface area (Å²) < 4.78 is 2.22. The quantitative estimate of drug-likeness (QED) is 0.563. The Kier molecular flexibility index (Phi) is 4.22. The third-order valence-electron chi connectivity index (χ3n) is 2.34. The molecule has 0 aliphatic rings. The minimum absolute atomic E-state index is 0.219. The molecule has 1 atom stereocenters. The third-order valence-corrected chi connectivity index (χ3v) is 4.61. The average Bonchev–Trinajstić information content (AvgIpc) is 2.30. The molecule has 0 N–H and O–H groups in total. The molecule has 0 nitrogen and oxygen atoms in total. The first-order valence-electron chi connectivity index (χ1n) is 4.82. The van der Waals surface area contributed by atoms with Crippen molar-refractivity contribution in [1.29, 1.82) is 0 Å². The van der Waals surface area contributed by atoms with Crippen LogP contribution >= 0.6 is 47.8 Å². The summed E-state index contributed by atoms with van der Waals surface area (Å²) in [4.78, 5) is 0.219. The van der Waals surface area contributed by atoms with E-state index in [2.05, 4.69) is 84.2 Å². The van der Waals surface area contributed by atoms with E-state index in [1.165, 1.54) is 11.1 Å². The van der Waals surface area contributed by atoms with E-state index in [0.717, 1.165) is 8.95 Å². The molecule has 0 aromatic heterocycles. The van der Waals surface area contributed by atoms with Gasteiger partial charge in [-0.1, -0.05) is 78.1 Å². The van der Waals surface area contributed by atoms with Crippen LogP contribution in [-0.2, 0) is 0 Å². The minimum atomic E-state index is 0.219. The van der Waals surface area contributed by atoms with Crippen LogP contribution in [0.1, 0.15) is 16.0 Å². The summed E-state index contributed by atoms with van der Waals surface area (Å²) in [5.74, 6) is 0. The van der Waals surface area contributed by atoms with Gasteiger partial charge in [-0.25, -0.2) is 0 Å². The van der Waals surface area contributed by atoms with Crippen molar-refractivity contribution in [1.82, 2.24) is 0 Å². The summed E-state index contributed by atoms with van der Waals surface area (Å²) in [5, 5.41) is 0. The van der Waals surface area contributed by atoms with Crippen molar-refractivity contribution in [2.45, 2.75) is 4.83 Å². The molecule has 0 aliphatic heterocycles. The van der Waals surface area contributed by atoms with Crippen LogP contribution in [0.5, 0.6) is 0 Å². The first-order chi connectivity index (χ1) is 7.68. The first kappa shape index (κ1) is 12.3. The summed E-state index contributed by atoms with van der Waals surface area (Å²) in [6.45, 7) is 0. The fourth-order valence-corrected chi connectivity index (χ4v) is 3.28. The highest BCUT2D eigenvalue weighted by atomic mass is 79.9. The van der Waals surface area contributed by atoms with E-state index in [-0.39, 0.29) is 4.83 Å². The smallest absolute Gasteiger partial charge is 0.0655 e. The molecular weight excluding hydrogens is 396 g/mol. The van der Waals surface area contributed by atoms with Crippen molar-refractivity contribution in [3.8, 4) is 0 Å². The number of hydrogen-bond donors (Lipinski definition) is 0. The van der Waals surface area contributed by atoms with Crippen molar-refractivity contribution in [2.75, 3.05) is 0 Å². The molecule has 16 heavy (non-hydrogen) atoms. The van der Waals surface area contributed by atoms with Crippen molar-refractivity contribution < 1.29 is 0 Å². The lowest BCUT2D eigenvalue weighted by molar-refractivity contribution is 1.16. The predicted molar refractivity (Wildman–Crippen MR) is 79.1 cm³/mol. The molecule has 2 rings (SSSR count). The van der Waals surface area contributed by atoms with Gasteiger partial charge >= 0.3 is 0 Å². The normalized spacial score (nSPS) is 12.4. The van der Waals surface area contributed by atoms with Crippen molar-refractivity contribution >= 4 is 47.8 Å². The molecule has 0 bridgehead atoms. The molecule has 0 spiro atoms. The van der Waals surface area contributed by atoms with Crippen molar-refractivity contribution in [3.63, 3.8) is 0 Å². The predicted octanol–water partition coefficient (Wildman–Crippen LogP) is 5.70. The standard InChI is InChI=1S/C13H9Br3/c14-10-7-5-9(6-8-10)13(16)11-3-1-2-4-12(11)15/h1-8,13H.